The molecule has 23 heavy (non-hydrogen) atoms. The van der Waals surface area contributed by atoms with E-state index < -0.39 is 9.84 Å². The number of carbonyl (C=O) groups excluding carboxylic acids is 1. The number of benzene rings is 1. The van der Waals surface area contributed by atoms with E-state index in [2.05, 4.69) is 0 Å². The van der Waals surface area contributed by atoms with Crippen LogP contribution in [0.4, 0.5) is 4.39 Å². The van der Waals surface area contributed by atoms with Gasteiger partial charge in [0.15, 0.2) is 9.84 Å². The molecule has 0 unspecified atom stereocenters. The predicted octanol–water partition coefficient (Wildman–Crippen LogP) is 2.72. The van der Waals surface area contributed by atoms with Gasteiger partial charge >= 0.3 is 0 Å². The fourth-order valence-electron chi connectivity index (χ4n) is 2.72. The smallest absolute Gasteiger partial charge is 0.264 e. The van der Waals surface area contributed by atoms with Crippen molar-refractivity contribution in [3.63, 3.8) is 0 Å². The van der Waals surface area contributed by atoms with Crippen LogP contribution in [0, 0.1) is 5.82 Å². The third-order valence-corrected chi connectivity index (χ3v) is 6.52. The van der Waals surface area contributed by atoms with Crippen LogP contribution in [0.15, 0.2) is 41.8 Å². The van der Waals surface area contributed by atoms with Crippen LogP contribution in [-0.2, 0) is 16.4 Å². The van der Waals surface area contributed by atoms with E-state index in [-0.39, 0.29) is 35.8 Å². The number of carbonyl (C=O) groups is 1. The highest BCUT2D eigenvalue weighted by Gasteiger charge is 2.35. The van der Waals surface area contributed by atoms with E-state index in [1.165, 1.54) is 23.5 Å². The highest BCUT2D eigenvalue weighted by molar-refractivity contribution is 7.91. The Balaban J connectivity index is 1.87. The lowest BCUT2D eigenvalue weighted by atomic mass is 10.1. The Kier molecular flexibility index (Phi) is 4.50. The number of nitrogens with zero attached hydrogens (tertiary/aromatic N) is 1. The van der Waals surface area contributed by atoms with Crippen LogP contribution in [-0.4, -0.2) is 36.8 Å². The van der Waals surface area contributed by atoms with Crippen molar-refractivity contribution in [2.75, 3.05) is 11.5 Å². The molecule has 0 radical (unpaired) electrons. The molecule has 4 nitrogen and oxygen atoms in total. The van der Waals surface area contributed by atoms with E-state index in [1.54, 1.807) is 29.2 Å². The molecule has 0 aliphatic carbocycles. The molecule has 2 aromatic rings. The zero-order valence-corrected chi connectivity index (χ0v) is 13.9. The minimum atomic E-state index is -3.09. The summed E-state index contributed by atoms with van der Waals surface area (Å²) < 4.78 is 36.6. The largest absolute Gasteiger partial charge is 0.330 e. The summed E-state index contributed by atoms with van der Waals surface area (Å²) in [4.78, 5) is 14.9. The fraction of sp³-hybridized carbons (Fsp3) is 0.312. The maximum atomic E-state index is 13.1. The average molecular weight is 353 g/mol. The Labute approximate surface area is 138 Å². The van der Waals surface area contributed by atoms with Crippen LogP contribution in [0.1, 0.15) is 21.7 Å². The first-order valence-electron chi connectivity index (χ1n) is 7.24. The Morgan fingerprint density at radius 1 is 1.26 bits per heavy atom. The molecule has 0 bridgehead atoms. The molecule has 1 fully saturated rings. The maximum absolute atomic E-state index is 13.1. The molecule has 3 rings (SSSR count). The van der Waals surface area contributed by atoms with Gasteiger partial charge in [-0.3, -0.25) is 4.79 Å². The van der Waals surface area contributed by atoms with Crippen molar-refractivity contribution in [2.24, 2.45) is 0 Å². The van der Waals surface area contributed by atoms with E-state index in [4.69, 9.17) is 0 Å². The lowest BCUT2D eigenvalue weighted by Gasteiger charge is -2.28. The Hall–Kier alpha value is -1.73. The van der Waals surface area contributed by atoms with Crippen LogP contribution in [0.3, 0.4) is 0 Å². The first-order chi connectivity index (χ1) is 10.9. The molecule has 1 saturated heterocycles. The van der Waals surface area contributed by atoms with Crippen LogP contribution in [0.2, 0.25) is 0 Å². The molecule has 1 atom stereocenters. The third kappa shape index (κ3) is 3.79. The van der Waals surface area contributed by atoms with Crippen LogP contribution in [0.5, 0.6) is 0 Å². The van der Waals surface area contributed by atoms with Crippen molar-refractivity contribution in [2.45, 2.75) is 19.0 Å². The van der Waals surface area contributed by atoms with Crippen LogP contribution >= 0.6 is 11.3 Å². The van der Waals surface area contributed by atoms with Crippen molar-refractivity contribution in [3.8, 4) is 0 Å². The summed E-state index contributed by atoms with van der Waals surface area (Å²) in [6, 6.07) is 9.11. The number of sulfone groups is 1. The van der Waals surface area contributed by atoms with Gasteiger partial charge < -0.3 is 4.90 Å². The highest BCUT2D eigenvalue weighted by atomic mass is 32.2. The summed E-state index contributed by atoms with van der Waals surface area (Å²) in [5, 5.41) is 1.81. The number of thiophene rings is 1. The molecule has 0 N–H and O–H groups in total. The lowest BCUT2D eigenvalue weighted by molar-refractivity contribution is 0.0686. The van der Waals surface area contributed by atoms with E-state index in [0.29, 0.717) is 11.3 Å². The molecular weight excluding hydrogens is 337 g/mol. The molecule has 1 aromatic heterocycles. The second-order valence-corrected chi connectivity index (χ2v) is 8.77. The summed E-state index contributed by atoms with van der Waals surface area (Å²) in [7, 11) is -3.09. The number of rotatable bonds is 4. The van der Waals surface area contributed by atoms with Gasteiger partial charge in [-0.25, -0.2) is 12.8 Å². The molecule has 1 aliphatic heterocycles. The highest BCUT2D eigenvalue weighted by Crippen LogP contribution is 2.24. The molecule has 2 heterocycles. The normalized spacial score (nSPS) is 19.6. The van der Waals surface area contributed by atoms with Gasteiger partial charge in [0.1, 0.15) is 5.82 Å². The van der Waals surface area contributed by atoms with Crippen molar-refractivity contribution in [3.05, 3.63) is 58.0 Å². The molecule has 1 aliphatic rings. The van der Waals surface area contributed by atoms with E-state index in [0.717, 1.165) is 5.56 Å². The number of amides is 1. The predicted molar refractivity (Wildman–Crippen MR) is 87.7 cm³/mol. The van der Waals surface area contributed by atoms with Gasteiger partial charge in [0.25, 0.3) is 5.91 Å². The SMILES string of the molecule is O=C(c1cccs1)N(Cc1ccc(F)cc1)[C@@H]1CCS(=O)(=O)C1. The first kappa shape index (κ1) is 16.1. The molecule has 7 heteroatoms. The van der Waals surface area contributed by atoms with Gasteiger partial charge in [-0.05, 0) is 35.6 Å². The van der Waals surface area contributed by atoms with Crippen LogP contribution in [0.25, 0.3) is 0 Å². The molecule has 0 spiro atoms. The third-order valence-electron chi connectivity index (χ3n) is 3.91. The van der Waals surface area contributed by atoms with Gasteiger partial charge in [-0.15, -0.1) is 11.3 Å². The summed E-state index contributed by atoms with van der Waals surface area (Å²) >= 11 is 1.33. The summed E-state index contributed by atoms with van der Waals surface area (Å²) in [5.41, 5.74) is 0.778. The molecule has 122 valence electrons. The van der Waals surface area contributed by atoms with Crippen molar-refractivity contribution >= 4 is 27.1 Å². The van der Waals surface area contributed by atoms with Crippen molar-refractivity contribution in [1.82, 2.24) is 4.90 Å². The topological polar surface area (TPSA) is 54.5 Å². The van der Waals surface area contributed by atoms with E-state index in [1.807, 2.05) is 5.38 Å². The minimum Gasteiger partial charge on any atom is -0.330 e. The minimum absolute atomic E-state index is 0.00862. The summed E-state index contributed by atoms with van der Waals surface area (Å²) in [5.74, 6) is -0.416. The quantitative estimate of drug-likeness (QED) is 0.849. The average Bonchev–Trinajstić information content (AvgIpc) is 3.15. The number of hydrogen-bond donors (Lipinski definition) is 0. The second kappa shape index (κ2) is 6.41. The number of halogens is 1. The number of hydrogen-bond acceptors (Lipinski definition) is 4. The maximum Gasteiger partial charge on any atom is 0.264 e. The van der Waals surface area contributed by atoms with Gasteiger partial charge in [-0.1, -0.05) is 18.2 Å². The van der Waals surface area contributed by atoms with Gasteiger partial charge in [0, 0.05) is 12.6 Å². The monoisotopic (exact) mass is 353 g/mol. The first-order valence-corrected chi connectivity index (χ1v) is 9.94. The van der Waals surface area contributed by atoms with Gasteiger partial charge in [0.2, 0.25) is 0 Å². The summed E-state index contributed by atoms with van der Waals surface area (Å²) in [6.45, 7) is 0.275. The Bertz CT molecular complexity index is 785. The van der Waals surface area contributed by atoms with Crippen molar-refractivity contribution < 1.29 is 17.6 Å². The standard InChI is InChI=1S/C16H16FNO3S2/c17-13-5-3-12(4-6-13)10-18(14-7-9-23(20,21)11-14)16(19)15-2-1-8-22-15/h1-6,8,14H,7,9-11H2/t14-/m1/s1. The molecule has 0 saturated carbocycles. The fourth-order valence-corrected chi connectivity index (χ4v) is 5.13. The van der Waals surface area contributed by atoms with E-state index in [9.17, 15) is 17.6 Å². The Morgan fingerprint density at radius 2 is 2.00 bits per heavy atom. The van der Waals surface area contributed by atoms with E-state index >= 15 is 0 Å². The van der Waals surface area contributed by atoms with Gasteiger partial charge in [-0.2, -0.15) is 0 Å². The lowest BCUT2D eigenvalue weighted by Crippen LogP contribution is -2.40. The molecular formula is C16H16FNO3S2. The zero-order valence-electron chi connectivity index (χ0n) is 12.3. The zero-order chi connectivity index (χ0) is 16.4. The summed E-state index contributed by atoms with van der Waals surface area (Å²) in [6.07, 6.45) is 0.445. The van der Waals surface area contributed by atoms with Crippen molar-refractivity contribution in [1.29, 1.82) is 0 Å². The van der Waals surface area contributed by atoms with Gasteiger partial charge in [0.05, 0.1) is 16.4 Å². The molecule has 1 aromatic carbocycles. The molecule has 1 amide bonds. The van der Waals surface area contributed by atoms with Crippen LogP contribution < -0.4 is 0 Å². The Morgan fingerprint density at radius 3 is 2.57 bits per heavy atom. The second-order valence-electron chi connectivity index (χ2n) is 5.59.